The summed E-state index contributed by atoms with van der Waals surface area (Å²) in [6.07, 6.45) is 1.80. The molecule has 26 heavy (non-hydrogen) atoms. The van der Waals surface area contributed by atoms with Crippen LogP contribution in [0.15, 0.2) is 42.5 Å². The number of ether oxygens (including phenoxy) is 2. The number of aryl methyl sites for hydroxylation is 1. The quantitative estimate of drug-likeness (QED) is 0.540. The minimum absolute atomic E-state index is 0.154. The lowest BCUT2D eigenvalue weighted by molar-refractivity contribution is -0.146. The number of nitrogens with one attached hydrogen (secondary N) is 1. The molecule has 0 aliphatic carbocycles. The first-order valence-corrected chi connectivity index (χ1v) is 8.83. The van der Waals surface area contributed by atoms with Crippen molar-refractivity contribution < 1.29 is 19.1 Å². The first kappa shape index (κ1) is 19.8. The molecular formula is C20H22ClNO4. The first-order chi connectivity index (χ1) is 12.5. The van der Waals surface area contributed by atoms with Crippen LogP contribution in [0.4, 0.5) is 5.69 Å². The largest absolute Gasteiger partial charge is 0.482 e. The Bertz CT molecular complexity index is 759. The van der Waals surface area contributed by atoms with Crippen LogP contribution in [-0.2, 0) is 9.53 Å². The van der Waals surface area contributed by atoms with Crippen LogP contribution in [0.5, 0.6) is 5.75 Å². The van der Waals surface area contributed by atoms with Crippen molar-refractivity contribution in [3.05, 3.63) is 58.6 Å². The molecule has 1 amide bonds. The number of carbonyl (C=O) groups excluding carboxylic acids is 2. The van der Waals surface area contributed by atoms with E-state index in [0.717, 1.165) is 18.4 Å². The van der Waals surface area contributed by atoms with Crippen molar-refractivity contribution in [2.75, 3.05) is 18.5 Å². The highest BCUT2D eigenvalue weighted by atomic mass is 35.5. The van der Waals surface area contributed by atoms with Crippen LogP contribution in [0.25, 0.3) is 0 Å². The van der Waals surface area contributed by atoms with Crippen molar-refractivity contribution in [1.29, 1.82) is 0 Å². The minimum atomic E-state index is -0.404. The molecule has 1 N–H and O–H groups in total. The third kappa shape index (κ3) is 6.08. The fraction of sp³-hybridized carbons (Fsp3) is 0.300. The third-order valence-electron chi connectivity index (χ3n) is 3.67. The van der Waals surface area contributed by atoms with Gasteiger partial charge in [-0.3, -0.25) is 4.79 Å². The Labute approximate surface area is 158 Å². The molecule has 2 rings (SSSR count). The van der Waals surface area contributed by atoms with E-state index in [-0.39, 0.29) is 12.5 Å². The fourth-order valence-electron chi connectivity index (χ4n) is 2.18. The van der Waals surface area contributed by atoms with Gasteiger partial charge in [0.1, 0.15) is 5.75 Å². The molecule has 2 aromatic carbocycles. The van der Waals surface area contributed by atoms with Gasteiger partial charge in [-0.2, -0.15) is 0 Å². The number of amides is 1. The third-order valence-corrected chi connectivity index (χ3v) is 3.91. The second-order valence-corrected chi connectivity index (χ2v) is 6.24. The zero-order valence-corrected chi connectivity index (χ0v) is 15.6. The molecule has 0 atom stereocenters. The summed E-state index contributed by atoms with van der Waals surface area (Å²) < 4.78 is 10.4. The fourth-order valence-corrected chi connectivity index (χ4v) is 2.41. The van der Waals surface area contributed by atoms with Gasteiger partial charge in [-0.05, 0) is 61.4 Å². The van der Waals surface area contributed by atoms with E-state index in [1.54, 1.807) is 42.5 Å². The number of hydrogen-bond acceptors (Lipinski definition) is 4. The molecule has 0 fully saturated rings. The lowest BCUT2D eigenvalue weighted by atomic mass is 10.1. The number of halogens is 1. The van der Waals surface area contributed by atoms with Crippen LogP contribution >= 0.6 is 11.6 Å². The summed E-state index contributed by atoms with van der Waals surface area (Å²) in [5.74, 6) is -0.143. The molecule has 0 bridgehead atoms. The van der Waals surface area contributed by atoms with Gasteiger partial charge in [0, 0.05) is 16.3 Å². The van der Waals surface area contributed by atoms with E-state index in [9.17, 15) is 9.59 Å². The van der Waals surface area contributed by atoms with Crippen LogP contribution in [0, 0.1) is 6.92 Å². The molecule has 0 saturated heterocycles. The lowest BCUT2D eigenvalue weighted by Crippen LogP contribution is -2.16. The molecule has 138 valence electrons. The van der Waals surface area contributed by atoms with Gasteiger partial charge in [0.05, 0.1) is 6.61 Å². The molecule has 0 radical (unpaired) electrons. The van der Waals surface area contributed by atoms with Crippen LogP contribution in [-0.4, -0.2) is 25.1 Å². The summed E-state index contributed by atoms with van der Waals surface area (Å²) in [6, 6.07) is 11.8. The predicted octanol–water partition coefficient (Wildman–Crippen LogP) is 4.62. The molecule has 0 saturated carbocycles. The SMILES string of the molecule is CCCCOC(=O)COc1ccc(C(=O)Nc2ccc(Cl)cc2C)cc1. The normalized spacial score (nSPS) is 10.3. The van der Waals surface area contributed by atoms with E-state index in [2.05, 4.69) is 5.32 Å². The van der Waals surface area contributed by atoms with E-state index in [4.69, 9.17) is 21.1 Å². The van der Waals surface area contributed by atoms with Gasteiger partial charge in [0.25, 0.3) is 5.91 Å². The number of benzene rings is 2. The first-order valence-electron chi connectivity index (χ1n) is 8.45. The van der Waals surface area contributed by atoms with Crippen LogP contribution in [0.1, 0.15) is 35.7 Å². The molecule has 5 nitrogen and oxygen atoms in total. The highest BCUT2D eigenvalue weighted by molar-refractivity contribution is 6.30. The molecular weight excluding hydrogens is 354 g/mol. The standard InChI is InChI=1S/C20H22ClNO4/c1-3-4-11-25-19(23)13-26-17-8-5-15(6-9-17)20(24)22-18-10-7-16(21)12-14(18)2/h5-10,12H,3-4,11,13H2,1-2H3,(H,22,24). The molecule has 2 aromatic rings. The number of esters is 1. The Morgan fingerprint density at radius 1 is 1.12 bits per heavy atom. The molecule has 0 spiro atoms. The number of rotatable bonds is 8. The smallest absolute Gasteiger partial charge is 0.344 e. The summed E-state index contributed by atoms with van der Waals surface area (Å²) in [5.41, 5.74) is 2.07. The molecule has 6 heteroatoms. The number of hydrogen-bond donors (Lipinski definition) is 1. The van der Waals surface area contributed by atoms with Gasteiger partial charge in [0.15, 0.2) is 6.61 Å². The molecule has 0 aliphatic heterocycles. The van der Waals surface area contributed by atoms with E-state index < -0.39 is 5.97 Å². The minimum Gasteiger partial charge on any atom is -0.482 e. The lowest BCUT2D eigenvalue weighted by Gasteiger charge is -2.10. The van der Waals surface area contributed by atoms with E-state index in [1.165, 1.54) is 0 Å². The molecule has 0 unspecified atom stereocenters. The zero-order valence-electron chi connectivity index (χ0n) is 14.9. The number of unbranched alkanes of at least 4 members (excludes halogenated alkanes) is 1. The maximum atomic E-state index is 12.3. The molecule has 0 aromatic heterocycles. The van der Waals surface area contributed by atoms with E-state index >= 15 is 0 Å². The van der Waals surface area contributed by atoms with Gasteiger partial charge in [-0.25, -0.2) is 4.79 Å². The van der Waals surface area contributed by atoms with Gasteiger partial charge >= 0.3 is 5.97 Å². The van der Waals surface area contributed by atoms with Gasteiger partial charge in [0.2, 0.25) is 0 Å². The highest BCUT2D eigenvalue weighted by Gasteiger charge is 2.09. The molecule has 0 aliphatic rings. The van der Waals surface area contributed by atoms with Gasteiger partial charge in [-0.1, -0.05) is 24.9 Å². The van der Waals surface area contributed by atoms with Crippen molar-refractivity contribution >= 4 is 29.2 Å². The Morgan fingerprint density at radius 2 is 1.85 bits per heavy atom. The van der Waals surface area contributed by atoms with Crippen LogP contribution in [0.2, 0.25) is 5.02 Å². The Hall–Kier alpha value is -2.53. The average molecular weight is 376 g/mol. The highest BCUT2D eigenvalue weighted by Crippen LogP contribution is 2.21. The number of anilines is 1. The predicted molar refractivity (Wildman–Crippen MR) is 102 cm³/mol. The summed E-state index contributed by atoms with van der Waals surface area (Å²) in [5, 5.41) is 3.46. The van der Waals surface area contributed by atoms with Crippen LogP contribution < -0.4 is 10.1 Å². The van der Waals surface area contributed by atoms with Gasteiger partial charge in [-0.15, -0.1) is 0 Å². The Balaban J connectivity index is 1.88. The molecule has 0 heterocycles. The van der Waals surface area contributed by atoms with E-state index in [1.807, 2.05) is 13.8 Å². The van der Waals surface area contributed by atoms with Gasteiger partial charge < -0.3 is 14.8 Å². The van der Waals surface area contributed by atoms with Crippen molar-refractivity contribution in [1.82, 2.24) is 0 Å². The second kappa shape index (κ2) is 9.82. The number of carbonyl (C=O) groups is 2. The summed E-state index contributed by atoms with van der Waals surface area (Å²) >= 11 is 5.92. The Kier molecular flexibility index (Phi) is 7.48. The monoisotopic (exact) mass is 375 g/mol. The summed E-state index contributed by atoms with van der Waals surface area (Å²) in [6.45, 7) is 4.15. The average Bonchev–Trinajstić information content (AvgIpc) is 2.63. The summed E-state index contributed by atoms with van der Waals surface area (Å²) in [7, 11) is 0. The van der Waals surface area contributed by atoms with Crippen LogP contribution in [0.3, 0.4) is 0 Å². The maximum Gasteiger partial charge on any atom is 0.344 e. The van der Waals surface area contributed by atoms with E-state index in [0.29, 0.717) is 28.6 Å². The summed E-state index contributed by atoms with van der Waals surface area (Å²) in [4.78, 5) is 23.8. The topological polar surface area (TPSA) is 64.6 Å². The van der Waals surface area contributed by atoms with Crippen molar-refractivity contribution in [2.45, 2.75) is 26.7 Å². The zero-order chi connectivity index (χ0) is 18.9. The van der Waals surface area contributed by atoms with Crippen molar-refractivity contribution in [2.24, 2.45) is 0 Å². The van der Waals surface area contributed by atoms with Crippen molar-refractivity contribution in [3.63, 3.8) is 0 Å². The van der Waals surface area contributed by atoms with Crippen molar-refractivity contribution in [3.8, 4) is 5.75 Å². The Morgan fingerprint density at radius 3 is 2.50 bits per heavy atom. The maximum absolute atomic E-state index is 12.3. The second-order valence-electron chi connectivity index (χ2n) is 5.80.